The molecule has 1 aromatic rings. The molecule has 3 heterocycles. The number of anilines is 2. The molecule has 2 N–H and O–H groups in total. The Morgan fingerprint density at radius 1 is 1.24 bits per heavy atom. The molecule has 3 rings (SSSR count). The lowest BCUT2D eigenvalue weighted by atomic mass is 10.1. The Morgan fingerprint density at radius 3 is 2.76 bits per heavy atom. The molecule has 4 nitrogen and oxygen atoms in total. The molecule has 0 saturated carbocycles. The summed E-state index contributed by atoms with van der Waals surface area (Å²) in [5, 5.41) is 6.74. The van der Waals surface area contributed by atoms with E-state index in [1.807, 2.05) is 12.3 Å². The average Bonchev–Trinajstić information content (AvgIpc) is 2.74. The molecule has 0 bridgehead atoms. The molecule has 1 aromatic heterocycles. The molecule has 96 valence electrons. The maximum atomic E-state index is 4.34. The lowest BCUT2D eigenvalue weighted by Crippen LogP contribution is -2.43. The third kappa shape index (κ3) is 2.76. The zero-order chi connectivity index (χ0) is 10.1. The van der Waals surface area contributed by atoms with Gasteiger partial charge in [-0.2, -0.15) is 0 Å². The van der Waals surface area contributed by atoms with Gasteiger partial charge in [0, 0.05) is 12.2 Å². The summed E-state index contributed by atoms with van der Waals surface area (Å²) < 4.78 is 0. The van der Waals surface area contributed by atoms with Crippen LogP contribution in [0.4, 0.5) is 11.5 Å². The summed E-state index contributed by atoms with van der Waals surface area (Å²) in [6.45, 7) is 3.19. The third-order valence-corrected chi connectivity index (χ3v) is 3.26. The van der Waals surface area contributed by atoms with Crippen LogP contribution >= 0.6 is 24.8 Å². The van der Waals surface area contributed by atoms with Crippen molar-refractivity contribution in [2.24, 2.45) is 0 Å². The van der Waals surface area contributed by atoms with Gasteiger partial charge in [0.05, 0.1) is 12.4 Å². The smallest absolute Gasteiger partial charge is 0.151 e. The zero-order valence-corrected chi connectivity index (χ0v) is 11.2. The normalized spacial score (nSPS) is 18.7. The molecule has 2 aliphatic rings. The summed E-state index contributed by atoms with van der Waals surface area (Å²) in [6.07, 6.45) is 4.31. The second kappa shape index (κ2) is 6.28. The fourth-order valence-electron chi connectivity index (χ4n) is 2.45. The van der Waals surface area contributed by atoms with Crippen molar-refractivity contribution in [3.8, 4) is 0 Å². The lowest BCUT2D eigenvalue weighted by Gasteiger charge is -2.32. The van der Waals surface area contributed by atoms with E-state index in [4.69, 9.17) is 0 Å². The van der Waals surface area contributed by atoms with Crippen LogP contribution in [0.3, 0.4) is 0 Å². The molecular formula is C11H18Cl2N4. The van der Waals surface area contributed by atoms with Gasteiger partial charge in [-0.15, -0.1) is 24.8 Å². The first-order chi connectivity index (χ1) is 7.45. The first kappa shape index (κ1) is 14.4. The van der Waals surface area contributed by atoms with Crippen LogP contribution in [-0.4, -0.2) is 30.8 Å². The van der Waals surface area contributed by atoms with Crippen molar-refractivity contribution >= 4 is 36.3 Å². The van der Waals surface area contributed by atoms with E-state index in [0.717, 1.165) is 25.6 Å². The van der Waals surface area contributed by atoms with E-state index in [0.29, 0.717) is 6.04 Å². The highest BCUT2D eigenvalue weighted by molar-refractivity contribution is 5.85. The van der Waals surface area contributed by atoms with Crippen LogP contribution < -0.4 is 15.5 Å². The second-order valence-corrected chi connectivity index (χ2v) is 4.16. The fourth-order valence-corrected chi connectivity index (χ4v) is 2.45. The number of rotatable bonds is 1. The van der Waals surface area contributed by atoms with Gasteiger partial charge in [0.2, 0.25) is 0 Å². The van der Waals surface area contributed by atoms with Gasteiger partial charge in [-0.1, -0.05) is 0 Å². The van der Waals surface area contributed by atoms with Gasteiger partial charge < -0.3 is 15.5 Å². The average molecular weight is 277 g/mol. The number of halogens is 2. The van der Waals surface area contributed by atoms with Crippen molar-refractivity contribution in [1.82, 2.24) is 10.3 Å². The second-order valence-electron chi connectivity index (χ2n) is 4.16. The van der Waals surface area contributed by atoms with E-state index < -0.39 is 0 Å². The van der Waals surface area contributed by atoms with Crippen LogP contribution in [0.25, 0.3) is 0 Å². The van der Waals surface area contributed by atoms with Crippen molar-refractivity contribution in [2.45, 2.75) is 18.9 Å². The molecule has 6 heteroatoms. The minimum Gasteiger partial charge on any atom is -0.351 e. The topological polar surface area (TPSA) is 40.2 Å². The van der Waals surface area contributed by atoms with Gasteiger partial charge in [-0.3, -0.25) is 0 Å². The fraction of sp³-hybridized carbons (Fsp3) is 0.545. The van der Waals surface area contributed by atoms with Gasteiger partial charge in [0.1, 0.15) is 0 Å². The highest BCUT2D eigenvalue weighted by Crippen LogP contribution is 2.31. The van der Waals surface area contributed by atoms with Gasteiger partial charge in [-0.05, 0) is 38.1 Å². The number of hydrogen-bond acceptors (Lipinski definition) is 4. The molecule has 1 fully saturated rings. The Labute approximate surface area is 114 Å². The molecule has 0 spiro atoms. The number of hydrogen-bond donors (Lipinski definition) is 2. The van der Waals surface area contributed by atoms with Crippen LogP contribution in [-0.2, 0) is 0 Å². The van der Waals surface area contributed by atoms with Crippen molar-refractivity contribution in [3.05, 3.63) is 18.3 Å². The van der Waals surface area contributed by atoms with E-state index in [2.05, 4.69) is 26.6 Å². The SMILES string of the molecule is Cl.Cl.c1cnc2c(c1)N(C1CCNCC1)CN2. The monoisotopic (exact) mass is 276 g/mol. The van der Waals surface area contributed by atoms with Gasteiger partial charge in [0.15, 0.2) is 5.82 Å². The highest BCUT2D eigenvalue weighted by atomic mass is 35.5. The third-order valence-electron chi connectivity index (χ3n) is 3.26. The van der Waals surface area contributed by atoms with Crippen molar-refractivity contribution in [2.75, 3.05) is 30.0 Å². The summed E-state index contributed by atoms with van der Waals surface area (Å²) in [4.78, 5) is 6.78. The zero-order valence-electron chi connectivity index (χ0n) is 9.56. The highest BCUT2D eigenvalue weighted by Gasteiger charge is 2.27. The standard InChI is InChI=1S/C11H16N4.2ClH/c1-2-10-11(13-5-1)14-8-15(10)9-3-6-12-7-4-9;;/h1-2,5,9,12H,3-4,6-8H2,(H,13,14);2*1H. The first-order valence-electron chi connectivity index (χ1n) is 5.61. The molecule has 0 aromatic carbocycles. The molecule has 0 unspecified atom stereocenters. The molecule has 1 saturated heterocycles. The maximum absolute atomic E-state index is 4.34. The Kier molecular flexibility index (Phi) is 5.31. The number of nitrogens with zero attached hydrogens (tertiary/aromatic N) is 2. The van der Waals surface area contributed by atoms with E-state index >= 15 is 0 Å². The minimum atomic E-state index is 0. The van der Waals surface area contributed by atoms with E-state index in [1.54, 1.807) is 0 Å². The number of aromatic nitrogens is 1. The molecule has 17 heavy (non-hydrogen) atoms. The van der Waals surface area contributed by atoms with Crippen LogP contribution in [0, 0.1) is 0 Å². The van der Waals surface area contributed by atoms with Crippen molar-refractivity contribution in [1.29, 1.82) is 0 Å². The summed E-state index contributed by atoms with van der Waals surface area (Å²) >= 11 is 0. The van der Waals surface area contributed by atoms with Crippen molar-refractivity contribution in [3.63, 3.8) is 0 Å². The van der Waals surface area contributed by atoms with Gasteiger partial charge in [-0.25, -0.2) is 4.98 Å². The number of fused-ring (bicyclic) bond motifs is 1. The van der Waals surface area contributed by atoms with E-state index in [-0.39, 0.29) is 24.8 Å². The quantitative estimate of drug-likeness (QED) is 0.822. The van der Waals surface area contributed by atoms with Crippen molar-refractivity contribution < 1.29 is 0 Å². The van der Waals surface area contributed by atoms with Crippen LogP contribution in [0.2, 0.25) is 0 Å². The summed E-state index contributed by atoms with van der Waals surface area (Å²) in [5.41, 5.74) is 1.27. The predicted molar refractivity (Wildman–Crippen MR) is 75.6 cm³/mol. The largest absolute Gasteiger partial charge is 0.351 e. The molecule has 0 radical (unpaired) electrons. The first-order valence-corrected chi connectivity index (χ1v) is 5.61. The molecule has 0 atom stereocenters. The molecular weight excluding hydrogens is 259 g/mol. The number of piperidine rings is 1. The van der Waals surface area contributed by atoms with Crippen LogP contribution in [0.15, 0.2) is 18.3 Å². The number of pyridine rings is 1. The Hall–Kier alpha value is -0.710. The van der Waals surface area contributed by atoms with Gasteiger partial charge in [0.25, 0.3) is 0 Å². The summed E-state index contributed by atoms with van der Waals surface area (Å²) in [5.74, 6) is 1.04. The van der Waals surface area contributed by atoms with Gasteiger partial charge >= 0.3 is 0 Å². The summed E-state index contributed by atoms with van der Waals surface area (Å²) in [6, 6.07) is 4.84. The maximum Gasteiger partial charge on any atom is 0.151 e. The van der Waals surface area contributed by atoms with E-state index in [1.165, 1.54) is 18.5 Å². The van der Waals surface area contributed by atoms with Crippen LogP contribution in [0.5, 0.6) is 0 Å². The molecule has 2 aliphatic heterocycles. The van der Waals surface area contributed by atoms with Crippen LogP contribution in [0.1, 0.15) is 12.8 Å². The molecule has 0 aliphatic carbocycles. The molecule has 0 amide bonds. The Morgan fingerprint density at radius 2 is 2.00 bits per heavy atom. The Balaban J connectivity index is 0.000000722. The lowest BCUT2D eigenvalue weighted by molar-refractivity contribution is 0.438. The van der Waals surface area contributed by atoms with E-state index in [9.17, 15) is 0 Å². The minimum absolute atomic E-state index is 0. The Bertz CT molecular complexity index is 355. The predicted octanol–water partition coefficient (Wildman–Crippen LogP) is 1.87. The number of nitrogens with one attached hydrogen (secondary N) is 2. The summed E-state index contributed by atoms with van der Waals surface area (Å²) in [7, 11) is 0.